The van der Waals surface area contributed by atoms with Gasteiger partial charge in [-0.1, -0.05) is 6.42 Å². The number of nitrogens with zero attached hydrogens (tertiary/aromatic N) is 3. The summed E-state index contributed by atoms with van der Waals surface area (Å²) in [6.45, 7) is 2.38. The molecule has 2 unspecified atom stereocenters. The number of aliphatic hydroxyl groups is 1. The average molecular weight is 300 g/mol. The number of pyridine rings is 1. The third-order valence-corrected chi connectivity index (χ3v) is 4.31. The van der Waals surface area contributed by atoms with Gasteiger partial charge in [-0.05, 0) is 31.9 Å². The van der Waals surface area contributed by atoms with E-state index in [1.807, 2.05) is 19.1 Å². The number of amides is 1. The Morgan fingerprint density at radius 3 is 2.86 bits per heavy atom. The molecule has 6 nitrogen and oxygen atoms in total. The second kappa shape index (κ2) is 6.27. The highest BCUT2D eigenvalue weighted by atomic mass is 16.3. The van der Waals surface area contributed by atoms with Crippen LogP contribution in [0.2, 0.25) is 0 Å². The minimum absolute atomic E-state index is 0.142. The van der Waals surface area contributed by atoms with Crippen molar-refractivity contribution >= 4 is 5.91 Å². The molecule has 116 valence electrons. The molecule has 2 heterocycles. The van der Waals surface area contributed by atoms with Crippen molar-refractivity contribution in [3.63, 3.8) is 0 Å². The second-order valence-corrected chi connectivity index (χ2v) is 5.73. The lowest BCUT2D eigenvalue weighted by Crippen LogP contribution is -2.32. The van der Waals surface area contributed by atoms with Crippen LogP contribution in [0.3, 0.4) is 0 Å². The van der Waals surface area contributed by atoms with E-state index in [1.165, 1.54) is 0 Å². The van der Waals surface area contributed by atoms with Crippen LogP contribution in [0.25, 0.3) is 5.69 Å². The summed E-state index contributed by atoms with van der Waals surface area (Å²) >= 11 is 0. The Labute approximate surface area is 129 Å². The Bertz CT molecular complexity index is 653. The van der Waals surface area contributed by atoms with E-state index in [0.29, 0.717) is 12.1 Å². The maximum absolute atomic E-state index is 12.3. The number of aromatic nitrogens is 3. The molecule has 0 saturated heterocycles. The highest BCUT2D eigenvalue weighted by Gasteiger charge is 2.26. The molecule has 0 aliphatic heterocycles. The van der Waals surface area contributed by atoms with Crippen LogP contribution < -0.4 is 5.32 Å². The van der Waals surface area contributed by atoms with Gasteiger partial charge in [-0.2, -0.15) is 5.10 Å². The summed E-state index contributed by atoms with van der Waals surface area (Å²) in [6.07, 6.45) is 7.50. The molecule has 0 aromatic carbocycles. The predicted octanol–water partition coefficient (Wildman–Crippen LogP) is 1.47. The lowest BCUT2D eigenvalue weighted by atomic mass is 10.1. The molecule has 1 saturated carbocycles. The molecule has 2 aromatic heterocycles. The van der Waals surface area contributed by atoms with Crippen LogP contribution in [-0.4, -0.2) is 38.4 Å². The third kappa shape index (κ3) is 2.87. The maximum atomic E-state index is 12.3. The van der Waals surface area contributed by atoms with Gasteiger partial charge in [0.25, 0.3) is 5.91 Å². The number of hydrogen-bond acceptors (Lipinski definition) is 4. The van der Waals surface area contributed by atoms with Gasteiger partial charge in [0.15, 0.2) is 0 Å². The van der Waals surface area contributed by atoms with Crippen molar-refractivity contribution in [3.05, 3.63) is 42.0 Å². The molecule has 2 atom stereocenters. The highest BCUT2D eigenvalue weighted by Crippen LogP contribution is 2.24. The first-order valence-corrected chi connectivity index (χ1v) is 7.58. The molecule has 1 amide bonds. The molecule has 0 spiro atoms. The number of carbonyl (C=O) groups excluding carboxylic acids is 1. The third-order valence-electron chi connectivity index (χ3n) is 4.31. The Hall–Kier alpha value is -2.21. The van der Waals surface area contributed by atoms with E-state index in [9.17, 15) is 9.90 Å². The number of rotatable bonds is 4. The molecular formula is C16H20N4O2. The lowest BCUT2D eigenvalue weighted by molar-refractivity contribution is 0.0916. The lowest BCUT2D eigenvalue weighted by Gasteiger charge is -2.14. The van der Waals surface area contributed by atoms with E-state index < -0.39 is 0 Å². The number of nitrogens with one attached hydrogen (secondary N) is 1. The van der Waals surface area contributed by atoms with Gasteiger partial charge in [0.05, 0.1) is 29.2 Å². The van der Waals surface area contributed by atoms with Gasteiger partial charge in [0, 0.05) is 24.9 Å². The summed E-state index contributed by atoms with van der Waals surface area (Å²) in [4.78, 5) is 16.3. The van der Waals surface area contributed by atoms with Gasteiger partial charge < -0.3 is 10.4 Å². The standard InChI is InChI=1S/C16H20N4O2/c1-11-14(10-19-20(11)13-5-7-17-8-6-13)16(22)18-9-12-3-2-4-15(12)21/h5-8,10,12,15,21H,2-4,9H2,1H3,(H,18,22). The van der Waals surface area contributed by atoms with Crippen molar-refractivity contribution in [3.8, 4) is 5.69 Å². The molecular weight excluding hydrogens is 280 g/mol. The van der Waals surface area contributed by atoms with Gasteiger partial charge in [0.2, 0.25) is 0 Å². The van der Waals surface area contributed by atoms with Crippen LogP contribution in [0.1, 0.15) is 35.3 Å². The van der Waals surface area contributed by atoms with Crippen molar-refractivity contribution in [2.24, 2.45) is 5.92 Å². The van der Waals surface area contributed by atoms with Gasteiger partial charge in [-0.15, -0.1) is 0 Å². The van der Waals surface area contributed by atoms with Crippen LogP contribution in [0.5, 0.6) is 0 Å². The second-order valence-electron chi connectivity index (χ2n) is 5.73. The van der Waals surface area contributed by atoms with Crippen LogP contribution >= 0.6 is 0 Å². The summed E-state index contributed by atoms with van der Waals surface area (Å²) in [5, 5.41) is 17.0. The molecule has 22 heavy (non-hydrogen) atoms. The van der Waals surface area contributed by atoms with E-state index in [1.54, 1.807) is 23.3 Å². The van der Waals surface area contributed by atoms with Gasteiger partial charge in [0.1, 0.15) is 0 Å². The zero-order valence-corrected chi connectivity index (χ0v) is 12.6. The molecule has 0 radical (unpaired) electrons. The molecule has 1 aliphatic carbocycles. The Morgan fingerprint density at radius 2 is 2.18 bits per heavy atom. The topological polar surface area (TPSA) is 80.0 Å². The van der Waals surface area contributed by atoms with E-state index in [-0.39, 0.29) is 17.9 Å². The zero-order chi connectivity index (χ0) is 15.5. The monoisotopic (exact) mass is 300 g/mol. The van der Waals surface area contributed by atoms with Crippen LogP contribution in [0, 0.1) is 12.8 Å². The zero-order valence-electron chi connectivity index (χ0n) is 12.6. The van der Waals surface area contributed by atoms with Crippen molar-refractivity contribution in [1.82, 2.24) is 20.1 Å². The average Bonchev–Trinajstić information content (AvgIpc) is 3.12. The summed E-state index contributed by atoms with van der Waals surface area (Å²) in [6, 6.07) is 3.69. The SMILES string of the molecule is Cc1c(C(=O)NCC2CCCC2O)cnn1-c1ccncc1. The van der Waals surface area contributed by atoms with Crippen LogP contribution in [-0.2, 0) is 0 Å². The molecule has 1 aliphatic rings. The summed E-state index contributed by atoms with van der Waals surface area (Å²) in [5.74, 6) is 0.0244. The normalized spacial score (nSPS) is 21.0. The fourth-order valence-corrected chi connectivity index (χ4v) is 2.95. The van der Waals surface area contributed by atoms with Gasteiger partial charge in [-0.25, -0.2) is 4.68 Å². The summed E-state index contributed by atoms with van der Waals surface area (Å²) in [7, 11) is 0. The van der Waals surface area contributed by atoms with E-state index >= 15 is 0 Å². The van der Waals surface area contributed by atoms with E-state index in [0.717, 1.165) is 30.6 Å². The van der Waals surface area contributed by atoms with Crippen molar-refractivity contribution in [2.75, 3.05) is 6.54 Å². The smallest absolute Gasteiger partial charge is 0.254 e. The quantitative estimate of drug-likeness (QED) is 0.896. The van der Waals surface area contributed by atoms with Crippen molar-refractivity contribution in [1.29, 1.82) is 0 Å². The Balaban J connectivity index is 1.70. The number of hydrogen-bond donors (Lipinski definition) is 2. The molecule has 6 heteroatoms. The molecule has 1 fully saturated rings. The maximum Gasteiger partial charge on any atom is 0.254 e. The minimum atomic E-state index is -0.291. The fourth-order valence-electron chi connectivity index (χ4n) is 2.95. The predicted molar refractivity (Wildman–Crippen MR) is 81.8 cm³/mol. The largest absolute Gasteiger partial charge is 0.393 e. The first kappa shape index (κ1) is 14.7. The fraction of sp³-hybridized carbons (Fsp3) is 0.438. The van der Waals surface area contributed by atoms with Gasteiger partial charge >= 0.3 is 0 Å². The van der Waals surface area contributed by atoms with E-state index in [2.05, 4.69) is 15.4 Å². The first-order chi connectivity index (χ1) is 10.7. The minimum Gasteiger partial charge on any atom is -0.393 e. The number of carbonyl (C=O) groups is 1. The molecule has 3 rings (SSSR count). The molecule has 2 aromatic rings. The molecule has 2 N–H and O–H groups in total. The Kier molecular flexibility index (Phi) is 4.20. The van der Waals surface area contributed by atoms with Gasteiger partial charge in [-0.3, -0.25) is 9.78 Å². The number of aliphatic hydroxyl groups excluding tert-OH is 1. The highest BCUT2D eigenvalue weighted by molar-refractivity contribution is 5.95. The summed E-state index contributed by atoms with van der Waals surface area (Å²) in [5.41, 5.74) is 2.22. The van der Waals surface area contributed by atoms with Crippen LogP contribution in [0.4, 0.5) is 0 Å². The van der Waals surface area contributed by atoms with Crippen molar-refractivity contribution in [2.45, 2.75) is 32.3 Å². The van der Waals surface area contributed by atoms with Crippen molar-refractivity contribution < 1.29 is 9.90 Å². The van der Waals surface area contributed by atoms with E-state index in [4.69, 9.17) is 0 Å². The first-order valence-electron chi connectivity index (χ1n) is 7.58. The summed E-state index contributed by atoms with van der Waals surface area (Å²) < 4.78 is 1.72. The Morgan fingerprint density at radius 1 is 1.41 bits per heavy atom. The molecule has 0 bridgehead atoms. The van der Waals surface area contributed by atoms with Crippen LogP contribution in [0.15, 0.2) is 30.7 Å².